The number of nitriles is 1. The SMILES string of the molecule is Cc1ccc(Cl)c(Nc2ccc(C#N)cc2N)c1. The molecule has 0 aliphatic heterocycles. The second kappa shape index (κ2) is 4.99. The van der Waals surface area contributed by atoms with Crippen molar-refractivity contribution in [2.45, 2.75) is 6.92 Å². The average Bonchev–Trinajstić information content (AvgIpc) is 2.36. The topological polar surface area (TPSA) is 61.8 Å². The van der Waals surface area contributed by atoms with E-state index in [2.05, 4.69) is 5.32 Å². The Bertz CT molecular complexity index is 629. The summed E-state index contributed by atoms with van der Waals surface area (Å²) in [6.07, 6.45) is 0. The number of nitrogens with one attached hydrogen (secondary N) is 1. The van der Waals surface area contributed by atoms with E-state index in [4.69, 9.17) is 22.6 Å². The van der Waals surface area contributed by atoms with Gasteiger partial charge in [0.05, 0.1) is 33.7 Å². The molecule has 18 heavy (non-hydrogen) atoms. The molecule has 0 bridgehead atoms. The summed E-state index contributed by atoms with van der Waals surface area (Å²) in [6.45, 7) is 1.99. The summed E-state index contributed by atoms with van der Waals surface area (Å²) in [5.74, 6) is 0. The number of anilines is 3. The van der Waals surface area contributed by atoms with Crippen molar-refractivity contribution in [1.29, 1.82) is 5.26 Å². The summed E-state index contributed by atoms with van der Waals surface area (Å²) >= 11 is 6.10. The van der Waals surface area contributed by atoms with Crippen molar-refractivity contribution in [2.75, 3.05) is 11.1 Å². The minimum absolute atomic E-state index is 0.520. The quantitative estimate of drug-likeness (QED) is 0.804. The molecule has 0 spiro atoms. The first-order chi connectivity index (χ1) is 8.60. The fraction of sp³-hybridized carbons (Fsp3) is 0.0714. The van der Waals surface area contributed by atoms with Gasteiger partial charge in [-0.15, -0.1) is 0 Å². The van der Waals surface area contributed by atoms with Gasteiger partial charge >= 0.3 is 0 Å². The summed E-state index contributed by atoms with van der Waals surface area (Å²) in [7, 11) is 0. The molecule has 0 aromatic heterocycles. The minimum Gasteiger partial charge on any atom is -0.397 e. The van der Waals surface area contributed by atoms with Crippen LogP contribution in [0.15, 0.2) is 36.4 Å². The molecule has 2 aromatic carbocycles. The number of aryl methyl sites for hydroxylation is 1. The number of hydrogen-bond donors (Lipinski definition) is 2. The van der Waals surface area contributed by atoms with Gasteiger partial charge in [-0.05, 0) is 42.8 Å². The highest BCUT2D eigenvalue weighted by Gasteiger charge is 2.04. The van der Waals surface area contributed by atoms with Gasteiger partial charge in [-0.2, -0.15) is 5.26 Å². The maximum absolute atomic E-state index is 8.78. The number of hydrogen-bond acceptors (Lipinski definition) is 3. The van der Waals surface area contributed by atoms with E-state index < -0.39 is 0 Å². The molecule has 0 heterocycles. The van der Waals surface area contributed by atoms with E-state index in [9.17, 15) is 0 Å². The minimum atomic E-state index is 0.520. The molecule has 4 heteroatoms. The van der Waals surface area contributed by atoms with Crippen LogP contribution >= 0.6 is 11.6 Å². The van der Waals surface area contributed by atoms with E-state index >= 15 is 0 Å². The lowest BCUT2D eigenvalue weighted by molar-refractivity contribution is 1.44. The molecule has 0 amide bonds. The molecule has 2 aromatic rings. The van der Waals surface area contributed by atoms with Crippen molar-refractivity contribution in [3.8, 4) is 6.07 Å². The maximum Gasteiger partial charge on any atom is 0.0992 e. The average molecular weight is 258 g/mol. The van der Waals surface area contributed by atoms with E-state index in [-0.39, 0.29) is 0 Å². The van der Waals surface area contributed by atoms with Crippen LogP contribution in [0.5, 0.6) is 0 Å². The van der Waals surface area contributed by atoms with Crippen molar-refractivity contribution < 1.29 is 0 Å². The molecule has 0 saturated carbocycles. The van der Waals surface area contributed by atoms with Crippen LogP contribution in [0.3, 0.4) is 0 Å². The van der Waals surface area contributed by atoms with Gasteiger partial charge in [0.2, 0.25) is 0 Å². The molecule has 0 atom stereocenters. The Hall–Kier alpha value is -2.18. The van der Waals surface area contributed by atoms with Crippen molar-refractivity contribution in [3.05, 3.63) is 52.5 Å². The summed E-state index contributed by atoms with van der Waals surface area (Å²) in [5.41, 5.74) is 9.57. The second-order valence-electron chi connectivity index (χ2n) is 4.02. The number of benzene rings is 2. The van der Waals surface area contributed by atoms with Gasteiger partial charge in [0.15, 0.2) is 0 Å². The maximum atomic E-state index is 8.78. The van der Waals surface area contributed by atoms with Crippen molar-refractivity contribution >= 4 is 28.7 Å². The number of nitrogens with two attached hydrogens (primary N) is 1. The van der Waals surface area contributed by atoms with Crippen LogP contribution < -0.4 is 11.1 Å². The molecular weight excluding hydrogens is 246 g/mol. The lowest BCUT2D eigenvalue weighted by Crippen LogP contribution is -1.97. The Morgan fingerprint density at radius 3 is 2.61 bits per heavy atom. The summed E-state index contributed by atoms with van der Waals surface area (Å²) in [5, 5.41) is 12.6. The molecule has 2 rings (SSSR count). The number of nitrogen functional groups attached to an aromatic ring is 1. The molecular formula is C14H12ClN3. The van der Waals surface area contributed by atoms with Crippen LogP contribution in [0.4, 0.5) is 17.1 Å². The summed E-state index contributed by atoms with van der Waals surface area (Å²) in [6, 6.07) is 12.9. The molecule has 0 unspecified atom stereocenters. The van der Waals surface area contributed by atoms with Crippen LogP contribution in [0, 0.1) is 18.3 Å². The highest BCUT2D eigenvalue weighted by molar-refractivity contribution is 6.33. The fourth-order valence-electron chi connectivity index (χ4n) is 1.63. The summed E-state index contributed by atoms with van der Waals surface area (Å²) in [4.78, 5) is 0. The van der Waals surface area contributed by atoms with Crippen LogP contribution in [0.25, 0.3) is 0 Å². The monoisotopic (exact) mass is 257 g/mol. The Morgan fingerprint density at radius 1 is 1.17 bits per heavy atom. The van der Waals surface area contributed by atoms with Gasteiger partial charge in [-0.25, -0.2) is 0 Å². The lowest BCUT2D eigenvalue weighted by atomic mass is 10.1. The van der Waals surface area contributed by atoms with E-state index in [1.54, 1.807) is 18.2 Å². The number of rotatable bonds is 2. The van der Waals surface area contributed by atoms with Gasteiger partial charge in [0, 0.05) is 0 Å². The van der Waals surface area contributed by atoms with Crippen LogP contribution in [0.1, 0.15) is 11.1 Å². The van der Waals surface area contributed by atoms with Crippen LogP contribution in [-0.2, 0) is 0 Å². The number of nitrogens with zero attached hydrogens (tertiary/aromatic N) is 1. The molecule has 3 N–H and O–H groups in total. The zero-order valence-electron chi connectivity index (χ0n) is 9.87. The Morgan fingerprint density at radius 2 is 1.94 bits per heavy atom. The molecule has 3 nitrogen and oxygen atoms in total. The lowest BCUT2D eigenvalue weighted by Gasteiger charge is -2.11. The Kier molecular flexibility index (Phi) is 3.40. The van der Waals surface area contributed by atoms with Gasteiger partial charge in [-0.1, -0.05) is 17.7 Å². The molecule has 0 saturated heterocycles. The van der Waals surface area contributed by atoms with Gasteiger partial charge in [0.1, 0.15) is 0 Å². The molecule has 0 aliphatic carbocycles. The van der Waals surface area contributed by atoms with E-state index in [1.807, 2.05) is 31.2 Å². The normalized spacial score (nSPS) is 9.83. The second-order valence-corrected chi connectivity index (χ2v) is 4.43. The third-order valence-corrected chi connectivity index (χ3v) is 2.90. The van der Waals surface area contributed by atoms with Crippen molar-refractivity contribution in [1.82, 2.24) is 0 Å². The predicted octanol–water partition coefficient (Wildman–Crippen LogP) is 3.85. The van der Waals surface area contributed by atoms with E-state index in [1.165, 1.54) is 0 Å². The smallest absolute Gasteiger partial charge is 0.0992 e. The summed E-state index contributed by atoms with van der Waals surface area (Å²) < 4.78 is 0. The molecule has 0 fully saturated rings. The standard InChI is InChI=1S/C14H12ClN3/c1-9-2-4-11(15)14(6-9)18-13-5-3-10(8-16)7-12(13)17/h2-7,18H,17H2,1H3. The molecule has 90 valence electrons. The zero-order chi connectivity index (χ0) is 13.1. The largest absolute Gasteiger partial charge is 0.397 e. The third kappa shape index (κ3) is 2.55. The first kappa shape index (κ1) is 12.3. The van der Waals surface area contributed by atoms with Gasteiger partial charge in [-0.3, -0.25) is 0 Å². The van der Waals surface area contributed by atoms with E-state index in [0.717, 1.165) is 16.9 Å². The third-order valence-electron chi connectivity index (χ3n) is 2.57. The van der Waals surface area contributed by atoms with Gasteiger partial charge in [0.25, 0.3) is 0 Å². The van der Waals surface area contributed by atoms with Crippen LogP contribution in [-0.4, -0.2) is 0 Å². The van der Waals surface area contributed by atoms with Crippen molar-refractivity contribution in [2.24, 2.45) is 0 Å². The Labute approximate surface area is 111 Å². The molecule has 0 radical (unpaired) electrons. The Balaban J connectivity index is 2.34. The first-order valence-corrected chi connectivity index (χ1v) is 5.81. The van der Waals surface area contributed by atoms with Crippen LogP contribution in [0.2, 0.25) is 5.02 Å². The molecule has 0 aliphatic rings. The van der Waals surface area contributed by atoms with Gasteiger partial charge < -0.3 is 11.1 Å². The first-order valence-electron chi connectivity index (χ1n) is 5.43. The predicted molar refractivity (Wildman–Crippen MR) is 75.0 cm³/mol. The zero-order valence-corrected chi connectivity index (χ0v) is 10.6. The van der Waals surface area contributed by atoms with Crippen molar-refractivity contribution in [3.63, 3.8) is 0 Å². The highest BCUT2D eigenvalue weighted by Crippen LogP contribution is 2.29. The number of halogens is 1. The van der Waals surface area contributed by atoms with E-state index in [0.29, 0.717) is 16.3 Å². The fourth-order valence-corrected chi connectivity index (χ4v) is 1.79. The highest BCUT2D eigenvalue weighted by atomic mass is 35.5.